The molecule has 7 heteroatoms. The normalized spacial score (nSPS) is 11.7. The first-order chi connectivity index (χ1) is 37.1. The van der Waals surface area contributed by atoms with Gasteiger partial charge in [-0.05, 0) is 187 Å². The number of hydrogen-bond donors (Lipinski definition) is 0. The van der Waals surface area contributed by atoms with Gasteiger partial charge in [0, 0.05) is 21.5 Å². The Morgan fingerprint density at radius 2 is 0.805 bits per heavy atom. The zero-order chi connectivity index (χ0) is 53.6. The molecule has 0 aliphatic carbocycles. The van der Waals surface area contributed by atoms with E-state index in [4.69, 9.17) is 6.57 Å². The number of aryl methyl sites for hydroxylation is 7. The van der Waals surface area contributed by atoms with Crippen molar-refractivity contribution in [1.29, 1.82) is 5.26 Å². The molecule has 2 heterocycles. The molecule has 2 aromatic heterocycles. The Hall–Kier alpha value is -9.43. The molecule has 0 saturated carbocycles. The molecule has 0 amide bonds. The predicted octanol–water partition coefficient (Wildman–Crippen LogP) is 19.8. The van der Waals surface area contributed by atoms with Gasteiger partial charge in [0.15, 0.2) is 5.69 Å². The quantitative estimate of drug-likeness (QED) is 0.147. The van der Waals surface area contributed by atoms with Gasteiger partial charge in [-0.1, -0.05) is 138 Å². The number of aromatic nitrogens is 2. The molecule has 0 unspecified atom stereocenters. The standard InChI is InChI=1S/C70H51F3N4/c1-40-16-23-53(44(5)30-40)48-20-27-64-57(34-48)56-33-47(52-13-10-9-12-43(52)4)19-26-63(56)76(64)67-37-51(69-61(70(71,72)73)14-11-15-62(69)75-8)38-68(60(67)39-74)77-65-28-21-49(54-24-17-41(2)31-45(54)6)35-58(65)59-36-50(22-29-66(59)77)55-25-18-42(3)32-46(55)7/h9-38H,1-7H3. The molecule has 12 rings (SSSR count). The maximum absolute atomic E-state index is 15.5. The first-order valence-corrected chi connectivity index (χ1v) is 25.7. The highest BCUT2D eigenvalue weighted by Gasteiger charge is 2.35. The lowest BCUT2D eigenvalue weighted by molar-refractivity contribution is -0.137. The van der Waals surface area contributed by atoms with Gasteiger partial charge in [0.05, 0.1) is 45.6 Å². The highest BCUT2D eigenvalue weighted by Crippen LogP contribution is 2.48. The van der Waals surface area contributed by atoms with Gasteiger partial charge in [0.25, 0.3) is 0 Å². The summed E-state index contributed by atoms with van der Waals surface area (Å²) >= 11 is 0. The Morgan fingerprint density at radius 1 is 0.416 bits per heavy atom. The molecule has 12 aromatic rings. The summed E-state index contributed by atoms with van der Waals surface area (Å²) < 4.78 is 50.6. The summed E-state index contributed by atoms with van der Waals surface area (Å²) in [6.45, 7) is 22.9. The van der Waals surface area contributed by atoms with E-state index in [2.05, 4.69) is 199 Å². The van der Waals surface area contributed by atoms with Crippen LogP contribution < -0.4 is 0 Å². The lowest BCUT2D eigenvalue weighted by Crippen LogP contribution is -2.09. The van der Waals surface area contributed by atoms with Crippen LogP contribution in [0.15, 0.2) is 182 Å². The predicted molar refractivity (Wildman–Crippen MR) is 311 cm³/mol. The van der Waals surface area contributed by atoms with Crippen molar-refractivity contribution < 1.29 is 13.2 Å². The summed E-state index contributed by atoms with van der Waals surface area (Å²) in [5.41, 5.74) is 19.2. The zero-order valence-corrected chi connectivity index (χ0v) is 43.7. The third-order valence-electron chi connectivity index (χ3n) is 15.5. The van der Waals surface area contributed by atoms with Crippen LogP contribution in [0.1, 0.15) is 50.1 Å². The molecule has 0 radical (unpaired) electrons. The van der Waals surface area contributed by atoms with Gasteiger partial charge >= 0.3 is 6.18 Å². The van der Waals surface area contributed by atoms with Gasteiger partial charge < -0.3 is 9.13 Å². The van der Waals surface area contributed by atoms with Crippen LogP contribution in [0.4, 0.5) is 18.9 Å². The van der Waals surface area contributed by atoms with Crippen LogP contribution in [-0.4, -0.2) is 9.13 Å². The lowest BCUT2D eigenvalue weighted by atomic mass is 9.94. The summed E-state index contributed by atoms with van der Waals surface area (Å²) in [6, 6.07) is 62.6. The number of halogens is 3. The van der Waals surface area contributed by atoms with Crippen molar-refractivity contribution in [3.63, 3.8) is 0 Å². The van der Waals surface area contributed by atoms with E-state index in [0.29, 0.717) is 11.4 Å². The van der Waals surface area contributed by atoms with Crippen molar-refractivity contribution in [2.45, 2.75) is 54.6 Å². The number of benzene rings is 10. The summed E-state index contributed by atoms with van der Waals surface area (Å²) in [5, 5.41) is 15.5. The maximum atomic E-state index is 15.5. The molecule has 4 nitrogen and oxygen atoms in total. The fraction of sp³-hybridized carbons (Fsp3) is 0.114. The van der Waals surface area contributed by atoms with Gasteiger partial charge in [-0.2, -0.15) is 18.4 Å². The number of alkyl halides is 3. The van der Waals surface area contributed by atoms with Gasteiger partial charge in [0.2, 0.25) is 0 Å². The minimum absolute atomic E-state index is 0.150. The van der Waals surface area contributed by atoms with Crippen molar-refractivity contribution in [1.82, 2.24) is 9.13 Å². The third kappa shape index (κ3) is 8.15. The minimum atomic E-state index is -4.81. The topological polar surface area (TPSA) is 38.0 Å². The van der Waals surface area contributed by atoms with Gasteiger partial charge in [0.1, 0.15) is 11.6 Å². The Bertz CT molecular complexity index is 4440. The number of rotatable bonds is 7. The monoisotopic (exact) mass is 1000 g/mol. The highest BCUT2D eigenvalue weighted by atomic mass is 19.4. The van der Waals surface area contributed by atoms with Crippen molar-refractivity contribution >= 4 is 49.3 Å². The number of nitrogens with zero attached hydrogens (tertiary/aromatic N) is 4. The summed E-state index contributed by atoms with van der Waals surface area (Å²) in [7, 11) is 0. The van der Waals surface area contributed by atoms with Crippen LogP contribution in [-0.2, 0) is 6.18 Å². The van der Waals surface area contributed by atoms with E-state index in [0.717, 1.165) is 133 Å². The molecule has 372 valence electrons. The van der Waals surface area contributed by atoms with Gasteiger partial charge in [-0.3, -0.25) is 0 Å². The van der Waals surface area contributed by atoms with E-state index in [9.17, 15) is 5.26 Å². The largest absolute Gasteiger partial charge is 0.415 e. The minimum Gasteiger partial charge on any atom is -0.308 e. The maximum Gasteiger partial charge on any atom is 0.415 e. The Morgan fingerprint density at radius 3 is 1.16 bits per heavy atom. The summed E-state index contributed by atoms with van der Waals surface area (Å²) in [5.74, 6) is 0. The van der Waals surface area contributed by atoms with Crippen LogP contribution in [0.5, 0.6) is 0 Å². The zero-order valence-electron chi connectivity index (χ0n) is 43.7. The van der Waals surface area contributed by atoms with Gasteiger partial charge in [-0.15, -0.1) is 0 Å². The van der Waals surface area contributed by atoms with Gasteiger partial charge in [-0.25, -0.2) is 4.85 Å². The summed E-state index contributed by atoms with van der Waals surface area (Å²) in [6.07, 6.45) is -4.81. The van der Waals surface area contributed by atoms with Crippen molar-refractivity contribution in [3.8, 4) is 73.1 Å². The van der Waals surface area contributed by atoms with E-state index >= 15 is 13.2 Å². The van der Waals surface area contributed by atoms with E-state index in [1.165, 1.54) is 12.1 Å². The first-order valence-electron chi connectivity index (χ1n) is 25.7. The number of nitriles is 1. The van der Waals surface area contributed by atoms with E-state index in [1.54, 1.807) is 12.1 Å². The lowest BCUT2D eigenvalue weighted by Gasteiger charge is -2.21. The molecule has 77 heavy (non-hydrogen) atoms. The molecule has 0 saturated heterocycles. The number of fused-ring (bicyclic) bond motifs is 6. The second kappa shape index (κ2) is 18.4. The molecule has 0 fully saturated rings. The van der Waals surface area contributed by atoms with Crippen molar-refractivity contribution in [3.05, 3.63) is 243 Å². The SMILES string of the molecule is [C-]#[N+]c1cccc(C(F)(F)F)c1-c1cc(-n2c3ccc(-c4ccccc4C)cc3c3cc(-c4ccc(C)cc4C)ccc32)c(C#N)c(-n2c3ccc(-c4ccc(C)cc4C)cc3c3cc(-c4ccc(C)cc4C)ccc32)c1. The molecular formula is C70H51F3N4. The number of hydrogen-bond acceptors (Lipinski definition) is 1. The van der Waals surface area contributed by atoms with E-state index in [1.807, 2.05) is 21.3 Å². The highest BCUT2D eigenvalue weighted by molar-refractivity contribution is 6.14. The average molecular weight is 1010 g/mol. The van der Waals surface area contributed by atoms with E-state index in [-0.39, 0.29) is 22.4 Å². The van der Waals surface area contributed by atoms with E-state index < -0.39 is 11.7 Å². The van der Waals surface area contributed by atoms with Crippen LogP contribution >= 0.6 is 0 Å². The molecule has 0 atom stereocenters. The van der Waals surface area contributed by atoms with Crippen LogP contribution in [0.2, 0.25) is 0 Å². The molecule has 0 aliphatic heterocycles. The molecular weight excluding hydrogens is 954 g/mol. The molecule has 0 bridgehead atoms. The van der Waals surface area contributed by atoms with Crippen LogP contribution in [0.25, 0.3) is 115 Å². The first kappa shape index (κ1) is 48.5. The fourth-order valence-corrected chi connectivity index (χ4v) is 11.9. The molecule has 0 spiro atoms. The summed E-state index contributed by atoms with van der Waals surface area (Å²) in [4.78, 5) is 3.72. The molecule has 10 aromatic carbocycles. The second-order valence-electron chi connectivity index (χ2n) is 20.7. The van der Waals surface area contributed by atoms with Crippen molar-refractivity contribution in [2.24, 2.45) is 0 Å². The fourth-order valence-electron chi connectivity index (χ4n) is 11.9. The third-order valence-corrected chi connectivity index (χ3v) is 15.5. The second-order valence-corrected chi connectivity index (χ2v) is 20.7. The Kier molecular flexibility index (Phi) is 11.6. The Labute approximate surface area is 446 Å². The molecule has 0 aliphatic rings. The Balaban J connectivity index is 1.22. The average Bonchev–Trinajstić information content (AvgIpc) is 4.14. The van der Waals surface area contributed by atoms with Crippen LogP contribution in [0, 0.1) is 66.4 Å². The van der Waals surface area contributed by atoms with Crippen molar-refractivity contribution in [2.75, 3.05) is 0 Å². The smallest absolute Gasteiger partial charge is 0.308 e. The molecule has 0 N–H and O–H groups in total. The van der Waals surface area contributed by atoms with Crippen LogP contribution in [0.3, 0.4) is 0 Å².